The van der Waals surface area contributed by atoms with Crippen LogP contribution < -0.4 is 24.8 Å². The first kappa shape index (κ1) is 22.8. The standard InChI is InChI=1S/C22H25F2N3O3/c1-4-12-29-20-13-16(10-11-19(20)28-3)14-26-22(25-5-2)27-15-17-8-6-7-9-18(17)30-21(23)24/h1,6-11,13,21H,5,12,14-15H2,2-3H3,(H2,25,26,27). The van der Waals surface area contributed by atoms with Gasteiger partial charge in [0.1, 0.15) is 12.4 Å². The van der Waals surface area contributed by atoms with Crippen molar-refractivity contribution in [2.45, 2.75) is 26.6 Å². The number of aliphatic imine (C=N–C) groups is 1. The van der Waals surface area contributed by atoms with Gasteiger partial charge in [0.15, 0.2) is 17.5 Å². The number of hydrogen-bond acceptors (Lipinski definition) is 4. The maximum atomic E-state index is 12.6. The van der Waals surface area contributed by atoms with Crippen LogP contribution in [0.1, 0.15) is 18.1 Å². The highest BCUT2D eigenvalue weighted by Crippen LogP contribution is 2.28. The molecule has 30 heavy (non-hydrogen) atoms. The first-order chi connectivity index (χ1) is 14.6. The van der Waals surface area contributed by atoms with Crippen LogP contribution in [0.3, 0.4) is 0 Å². The number of ether oxygens (including phenoxy) is 3. The molecule has 0 saturated heterocycles. The molecule has 0 radical (unpaired) electrons. The minimum Gasteiger partial charge on any atom is -0.493 e. The van der Waals surface area contributed by atoms with E-state index in [2.05, 4.69) is 26.3 Å². The van der Waals surface area contributed by atoms with E-state index in [1.165, 1.54) is 6.07 Å². The molecule has 2 aromatic rings. The predicted octanol–water partition coefficient (Wildman–Crippen LogP) is 3.56. The third-order valence-electron chi connectivity index (χ3n) is 3.94. The van der Waals surface area contributed by atoms with E-state index in [-0.39, 0.29) is 18.9 Å². The van der Waals surface area contributed by atoms with Gasteiger partial charge in [0, 0.05) is 18.7 Å². The fourth-order valence-corrected chi connectivity index (χ4v) is 2.60. The molecule has 0 amide bonds. The molecule has 0 spiro atoms. The summed E-state index contributed by atoms with van der Waals surface area (Å²) in [6.07, 6.45) is 5.25. The molecule has 0 atom stereocenters. The Hall–Kier alpha value is -3.47. The van der Waals surface area contributed by atoms with Crippen molar-refractivity contribution in [1.82, 2.24) is 10.6 Å². The lowest BCUT2D eigenvalue weighted by atomic mass is 10.2. The van der Waals surface area contributed by atoms with Gasteiger partial charge < -0.3 is 24.8 Å². The minimum absolute atomic E-state index is 0.126. The highest BCUT2D eigenvalue weighted by atomic mass is 19.3. The fourth-order valence-electron chi connectivity index (χ4n) is 2.60. The number of para-hydroxylation sites is 1. The van der Waals surface area contributed by atoms with Crippen molar-refractivity contribution in [3.8, 4) is 29.6 Å². The zero-order valence-corrected chi connectivity index (χ0v) is 17.0. The summed E-state index contributed by atoms with van der Waals surface area (Å²) in [4.78, 5) is 4.54. The van der Waals surface area contributed by atoms with Crippen molar-refractivity contribution in [3.05, 3.63) is 53.6 Å². The molecule has 2 rings (SSSR count). The topological polar surface area (TPSA) is 64.1 Å². The van der Waals surface area contributed by atoms with Gasteiger partial charge in [-0.15, -0.1) is 6.42 Å². The van der Waals surface area contributed by atoms with Gasteiger partial charge in [-0.05, 0) is 30.7 Å². The average molecular weight is 417 g/mol. The van der Waals surface area contributed by atoms with E-state index in [1.807, 2.05) is 19.1 Å². The van der Waals surface area contributed by atoms with Crippen molar-refractivity contribution in [1.29, 1.82) is 0 Å². The Balaban J connectivity index is 2.09. The third kappa shape index (κ3) is 7.17. The number of halogens is 2. The van der Waals surface area contributed by atoms with Gasteiger partial charge >= 0.3 is 6.61 Å². The zero-order chi connectivity index (χ0) is 21.8. The van der Waals surface area contributed by atoms with Crippen LogP contribution in [0.5, 0.6) is 17.2 Å². The molecule has 2 aromatic carbocycles. The van der Waals surface area contributed by atoms with Crippen LogP contribution in [0.15, 0.2) is 47.5 Å². The first-order valence-electron chi connectivity index (χ1n) is 9.35. The van der Waals surface area contributed by atoms with E-state index in [0.717, 1.165) is 5.56 Å². The smallest absolute Gasteiger partial charge is 0.387 e. The quantitative estimate of drug-likeness (QED) is 0.352. The molecular formula is C22H25F2N3O3. The number of methoxy groups -OCH3 is 1. The van der Waals surface area contributed by atoms with E-state index >= 15 is 0 Å². The normalized spacial score (nSPS) is 11.0. The highest BCUT2D eigenvalue weighted by molar-refractivity contribution is 5.79. The van der Waals surface area contributed by atoms with Gasteiger partial charge in [0.25, 0.3) is 0 Å². The molecule has 0 fully saturated rings. The summed E-state index contributed by atoms with van der Waals surface area (Å²) < 4.78 is 40.5. The Bertz CT molecular complexity index is 882. The Morgan fingerprint density at radius 2 is 1.93 bits per heavy atom. The van der Waals surface area contributed by atoms with Crippen molar-refractivity contribution in [3.63, 3.8) is 0 Å². The second kappa shape index (κ2) is 12.2. The van der Waals surface area contributed by atoms with Gasteiger partial charge in [0.2, 0.25) is 0 Å². The van der Waals surface area contributed by atoms with E-state index < -0.39 is 6.61 Å². The predicted molar refractivity (Wildman–Crippen MR) is 112 cm³/mol. The molecule has 0 aromatic heterocycles. The van der Waals surface area contributed by atoms with Crippen molar-refractivity contribution >= 4 is 5.96 Å². The number of rotatable bonds is 10. The summed E-state index contributed by atoms with van der Waals surface area (Å²) in [6, 6.07) is 12.1. The summed E-state index contributed by atoms with van der Waals surface area (Å²) in [6.45, 7) is 0.459. The number of benzene rings is 2. The number of alkyl halides is 2. The Morgan fingerprint density at radius 1 is 1.13 bits per heavy atom. The van der Waals surface area contributed by atoms with Gasteiger partial charge in [-0.2, -0.15) is 8.78 Å². The highest BCUT2D eigenvalue weighted by Gasteiger charge is 2.10. The Labute approximate surface area is 175 Å². The molecule has 2 N–H and O–H groups in total. The third-order valence-corrected chi connectivity index (χ3v) is 3.94. The summed E-state index contributed by atoms with van der Waals surface area (Å²) in [5.74, 6) is 4.20. The van der Waals surface area contributed by atoms with E-state index in [1.54, 1.807) is 31.4 Å². The zero-order valence-electron chi connectivity index (χ0n) is 17.0. The van der Waals surface area contributed by atoms with Crippen LogP contribution in [-0.4, -0.2) is 32.8 Å². The molecule has 0 unspecified atom stereocenters. The van der Waals surface area contributed by atoms with Crippen LogP contribution in [0.4, 0.5) is 8.78 Å². The SMILES string of the molecule is C#CCOc1cc(CN=C(NCC)NCc2ccccc2OC(F)F)ccc1OC. The van der Waals surface area contributed by atoms with Gasteiger partial charge in [-0.25, -0.2) is 4.99 Å². The van der Waals surface area contributed by atoms with Crippen LogP contribution in [0, 0.1) is 12.3 Å². The lowest BCUT2D eigenvalue weighted by molar-refractivity contribution is -0.0504. The van der Waals surface area contributed by atoms with E-state index in [0.29, 0.717) is 36.1 Å². The molecule has 0 heterocycles. The molecule has 8 heteroatoms. The molecule has 0 saturated carbocycles. The molecular weight excluding hydrogens is 392 g/mol. The van der Waals surface area contributed by atoms with Crippen LogP contribution >= 0.6 is 0 Å². The van der Waals surface area contributed by atoms with Crippen LogP contribution in [-0.2, 0) is 13.1 Å². The second-order valence-corrected chi connectivity index (χ2v) is 6.01. The van der Waals surface area contributed by atoms with Crippen molar-refractivity contribution in [2.24, 2.45) is 4.99 Å². The maximum absolute atomic E-state index is 12.6. The molecule has 160 valence electrons. The molecule has 0 aliphatic rings. The number of guanidine groups is 1. The van der Waals surface area contributed by atoms with Crippen LogP contribution in [0.2, 0.25) is 0 Å². The van der Waals surface area contributed by atoms with Crippen molar-refractivity contribution < 1.29 is 23.0 Å². The first-order valence-corrected chi connectivity index (χ1v) is 9.35. The fraction of sp³-hybridized carbons (Fsp3) is 0.318. The number of terminal acetylenes is 1. The van der Waals surface area contributed by atoms with Crippen molar-refractivity contribution in [2.75, 3.05) is 20.3 Å². The second-order valence-electron chi connectivity index (χ2n) is 6.01. The Morgan fingerprint density at radius 3 is 2.63 bits per heavy atom. The minimum atomic E-state index is -2.88. The average Bonchev–Trinajstić information content (AvgIpc) is 2.74. The number of nitrogens with one attached hydrogen (secondary N) is 2. The molecule has 0 aliphatic carbocycles. The number of hydrogen-bond donors (Lipinski definition) is 2. The summed E-state index contributed by atoms with van der Waals surface area (Å²) in [7, 11) is 1.55. The maximum Gasteiger partial charge on any atom is 0.387 e. The van der Waals surface area contributed by atoms with E-state index in [4.69, 9.17) is 15.9 Å². The molecule has 0 aliphatic heterocycles. The van der Waals surface area contributed by atoms with E-state index in [9.17, 15) is 8.78 Å². The largest absolute Gasteiger partial charge is 0.493 e. The van der Waals surface area contributed by atoms with Gasteiger partial charge in [-0.3, -0.25) is 0 Å². The Kier molecular flexibility index (Phi) is 9.25. The van der Waals surface area contributed by atoms with Gasteiger partial charge in [0.05, 0.1) is 13.7 Å². The monoisotopic (exact) mass is 417 g/mol. The summed E-state index contributed by atoms with van der Waals surface area (Å²) in [5, 5.41) is 6.25. The number of nitrogens with zero attached hydrogens (tertiary/aromatic N) is 1. The lowest BCUT2D eigenvalue weighted by Crippen LogP contribution is -2.36. The summed E-state index contributed by atoms with van der Waals surface area (Å²) >= 11 is 0. The molecule has 0 bridgehead atoms. The van der Waals surface area contributed by atoms with Gasteiger partial charge in [-0.1, -0.05) is 30.2 Å². The molecule has 6 nitrogen and oxygen atoms in total. The lowest BCUT2D eigenvalue weighted by Gasteiger charge is -2.14. The van der Waals surface area contributed by atoms with Crippen LogP contribution in [0.25, 0.3) is 0 Å². The summed E-state index contributed by atoms with van der Waals surface area (Å²) in [5.41, 5.74) is 1.49.